The van der Waals surface area contributed by atoms with Crippen LogP contribution < -0.4 is 4.74 Å². The number of esters is 1. The molecule has 0 saturated heterocycles. The highest BCUT2D eigenvalue weighted by Crippen LogP contribution is 2.27. The number of rotatable bonds is 6. The maximum atomic E-state index is 11.7. The van der Waals surface area contributed by atoms with E-state index in [1.165, 1.54) is 31.4 Å². The number of ether oxygens (including phenoxy) is 2. The molecule has 0 fully saturated rings. The summed E-state index contributed by atoms with van der Waals surface area (Å²) in [6.45, 7) is 0.145. The zero-order valence-corrected chi connectivity index (χ0v) is 13.1. The summed E-state index contributed by atoms with van der Waals surface area (Å²) >= 11 is 0. The minimum Gasteiger partial charge on any atom is -0.504 e. The number of hydrogen-bond acceptors (Lipinski definition) is 6. The Balaban J connectivity index is 1.85. The van der Waals surface area contributed by atoms with Gasteiger partial charge in [0, 0.05) is 12.5 Å². The van der Waals surface area contributed by atoms with E-state index in [-0.39, 0.29) is 23.9 Å². The zero-order chi connectivity index (χ0) is 17.5. The molecule has 0 unspecified atom stereocenters. The van der Waals surface area contributed by atoms with E-state index in [1.807, 2.05) is 0 Å². The highest BCUT2D eigenvalue weighted by atomic mass is 16.5. The van der Waals surface area contributed by atoms with Gasteiger partial charge >= 0.3 is 5.97 Å². The standard InChI is InChI=1S/C18H18O6/c1-23-17-11-12(3-6-15(17)20)4-7-18(22)24-9-8-13-2-5-14(19)16(21)10-13/h2-7,10-11,19-21H,8-9H2,1H3. The minimum atomic E-state index is -0.509. The molecule has 0 amide bonds. The van der Waals surface area contributed by atoms with Crippen LogP contribution in [0.3, 0.4) is 0 Å². The van der Waals surface area contributed by atoms with Crippen LogP contribution in [-0.4, -0.2) is 35.0 Å². The van der Waals surface area contributed by atoms with Crippen molar-refractivity contribution in [3.63, 3.8) is 0 Å². The third kappa shape index (κ3) is 4.67. The van der Waals surface area contributed by atoms with Gasteiger partial charge in [-0.05, 0) is 41.5 Å². The van der Waals surface area contributed by atoms with Gasteiger partial charge in [-0.2, -0.15) is 0 Å². The summed E-state index contributed by atoms with van der Waals surface area (Å²) in [7, 11) is 1.44. The maximum Gasteiger partial charge on any atom is 0.330 e. The largest absolute Gasteiger partial charge is 0.504 e. The van der Waals surface area contributed by atoms with E-state index in [4.69, 9.17) is 9.47 Å². The summed E-state index contributed by atoms with van der Waals surface area (Å²) in [6.07, 6.45) is 3.25. The molecule has 2 aromatic rings. The third-order valence-electron chi connectivity index (χ3n) is 3.29. The first kappa shape index (κ1) is 17.2. The molecule has 0 aliphatic carbocycles. The van der Waals surface area contributed by atoms with E-state index in [1.54, 1.807) is 24.3 Å². The van der Waals surface area contributed by atoms with Crippen LogP contribution in [0.2, 0.25) is 0 Å². The Labute approximate surface area is 139 Å². The topological polar surface area (TPSA) is 96.2 Å². The lowest BCUT2D eigenvalue weighted by molar-refractivity contribution is -0.137. The van der Waals surface area contributed by atoms with Crippen molar-refractivity contribution in [2.24, 2.45) is 0 Å². The van der Waals surface area contributed by atoms with Crippen molar-refractivity contribution in [1.29, 1.82) is 0 Å². The molecule has 0 aliphatic heterocycles. The van der Waals surface area contributed by atoms with E-state index >= 15 is 0 Å². The Hall–Kier alpha value is -3.15. The average Bonchev–Trinajstić information content (AvgIpc) is 2.57. The highest BCUT2D eigenvalue weighted by molar-refractivity contribution is 5.87. The van der Waals surface area contributed by atoms with Crippen LogP contribution in [-0.2, 0) is 16.0 Å². The molecule has 2 aromatic carbocycles. The van der Waals surface area contributed by atoms with Crippen molar-refractivity contribution < 1.29 is 29.6 Å². The molecule has 6 nitrogen and oxygen atoms in total. The summed E-state index contributed by atoms with van der Waals surface area (Å²) < 4.78 is 10.1. The van der Waals surface area contributed by atoms with Gasteiger partial charge in [0.2, 0.25) is 0 Å². The van der Waals surface area contributed by atoms with Crippen LogP contribution in [0.25, 0.3) is 6.08 Å². The molecule has 0 saturated carbocycles. The normalized spacial score (nSPS) is 10.7. The second kappa shape index (κ2) is 7.92. The summed E-state index contributed by atoms with van der Waals surface area (Å²) in [5.74, 6) is -0.569. The summed E-state index contributed by atoms with van der Waals surface area (Å²) in [5.41, 5.74) is 1.43. The molecule has 0 atom stereocenters. The van der Waals surface area contributed by atoms with Gasteiger partial charge in [-0.3, -0.25) is 0 Å². The number of aromatic hydroxyl groups is 3. The fraction of sp³-hybridized carbons (Fsp3) is 0.167. The molecule has 0 spiro atoms. The molecule has 6 heteroatoms. The fourth-order valence-corrected chi connectivity index (χ4v) is 2.00. The number of benzene rings is 2. The average molecular weight is 330 g/mol. The highest BCUT2D eigenvalue weighted by Gasteiger charge is 2.04. The van der Waals surface area contributed by atoms with Gasteiger partial charge in [-0.15, -0.1) is 0 Å². The number of carbonyl (C=O) groups is 1. The van der Waals surface area contributed by atoms with Gasteiger partial charge in [-0.1, -0.05) is 12.1 Å². The lowest BCUT2D eigenvalue weighted by Crippen LogP contribution is -2.04. The SMILES string of the molecule is COc1cc(C=CC(=O)OCCc2ccc(O)c(O)c2)ccc1O. The molecule has 24 heavy (non-hydrogen) atoms. The van der Waals surface area contributed by atoms with Crippen molar-refractivity contribution >= 4 is 12.0 Å². The van der Waals surface area contributed by atoms with Crippen molar-refractivity contribution in [2.45, 2.75) is 6.42 Å². The molecule has 0 aliphatic rings. The number of methoxy groups -OCH3 is 1. The van der Waals surface area contributed by atoms with Gasteiger partial charge < -0.3 is 24.8 Å². The summed E-state index contributed by atoms with van der Waals surface area (Å²) in [4.78, 5) is 11.7. The lowest BCUT2D eigenvalue weighted by Gasteiger charge is -2.05. The number of phenolic OH excluding ortho intramolecular Hbond substituents is 3. The van der Waals surface area contributed by atoms with Crippen LogP contribution in [0.1, 0.15) is 11.1 Å². The van der Waals surface area contributed by atoms with Crippen LogP contribution in [0.4, 0.5) is 0 Å². The summed E-state index contributed by atoms with van der Waals surface area (Å²) in [5, 5.41) is 28.1. The van der Waals surface area contributed by atoms with Gasteiger partial charge in [0.15, 0.2) is 23.0 Å². The molecule has 0 radical (unpaired) electrons. The van der Waals surface area contributed by atoms with Crippen LogP contribution in [0.5, 0.6) is 23.0 Å². The smallest absolute Gasteiger partial charge is 0.330 e. The second-order valence-corrected chi connectivity index (χ2v) is 5.01. The quantitative estimate of drug-likeness (QED) is 0.428. The van der Waals surface area contributed by atoms with E-state index in [0.29, 0.717) is 17.7 Å². The molecule has 3 N–H and O–H groups in total. The zero-order valence-electron chi connectivity index (χ0n) is 13.1. The predicted octanol–water partition coefficient (Wildman–Crippen LogP) is 2.61. The Morgan fingerprint density at radius 1 is 1.04 bits per heavy atom. The summed E-state index contributed by atoms with van der Waals surface area (Å²) in [6, 6.07) is 9.15. The Kier molecular flexibility index (Phi) is 5.68. The Bertz CT molecular complexity index is 751. The number of phenols is 3. The maximum absolute atomic E-state index is 11.7. The third-order valence-corrected chi connectivity index (χ3v) is 3.29. The molecule has 0 aromatic heterocycles. The van der Waals surface area contributed by atoms with E-state index in [9.17, 15) is 20.1 Å². The first-order valence-corrected chi connectivity index (χ1v) is 7.22. The van der Waals surface area contributed by atoms with Crippen LogP contribution in [0.15, 0.2) is 42.5 Å². The molecular weight excluding hydrogens is 312 g/mol. The number of carbonyl (C=O) groups excluding carboxylic acids is 1. The van der Waals surface area contributed by atoms with E-state index in [0.717, 1.165) is 5.56 Å². The van der Waals surface area contributed by atoms with Gasteiger partial charge in [0.25, 0.3) is 0 Å². The molecule has 126 valence electrons. The first-order chi connectivity index (χ1) is 11.5. The van der Waals surface area contributed by atoms with Crippen molar-refractivity contribution in [2.75, 3.05) is 13.7 Å². The molecule has 2 rings (SSSR count). The number of hydrogen-bond donors (Lipinski definition) is 3. The van der Waals surface area contributed by atoms with Gasteiger partial charge in [0.1, 0.15) is 0 Å². The van der Waals surface area contributed by atoms with Crippen LogP contribution in [0, 0.1) is 0 Å². The van der Waals surface area contributed by atoms with E-state index < -0.39 is 5.97 Å². The molecular formula is C18H18O6. The van der Waals surface area contributed by atoms with Gasteiger partial charge in [0.05, 0.1) is 13.7 Å². The predicted molar refractivity (Wildman–Crippen MR) is 88.1 cm³/mol. The van der Waals surface area contributed by atoms with Crippen molar-refractivity contribution in [3.05, 3.63) is 53.6 Å². The van der Waals surface area contributed by atoms with Crippen LogP contribution >= 0.6 is 0 Å². The minimum absolute atomic E-state index is 0.0226. The fourth-order valence-electron chi connectivity index (χ4n) is 2.00. The Morgan fingerprint density at radius 2 is 1.79 bits per heavy atom. The van der Waals surface area contributed by atoms with Crippen molar-refractivity contribution in [3.8, 4) is 23.0 Å². The Morgan fingerprint density at radius 3 is 2.50 bits per heavy atom. The second-order valence-electron chi connectivity index (χ2n) is 5.01. The lowest BCUT2D eigenvalue weighted by atomic mass is 10.1. The first-order valence-electron chi connectivity index (χ1n) is 7.22. The van der Waals surface area contributed by atoms with Gasteiger partial charge in [-0.25, -0.2) is 4.79 Å². The molecule has 0 bridgehead atoms. The van der Waals surface area contributed by atoms with Crippen molar-refractivity contribution in [1.82, 2.24) is 0 Å². The molecule has 0 heterocycles. The van der Waals surface area contributed by atoms with E-state index in [2.05, 4.69) is 0 Å². The monoisotopic (exact) mass is 330 g/mol.